The maximum absolute atomic E-state index is 8.39. The van der Waals surface area contributed by atoms with Crippen LogP contribution in [0.25, 0.3) is 0 Å². The van der Waals surface area contributed by atoms with Crippen molar-refractivity contribution in [3.05, 3.63) is 0 Å². The minimum Gasteiger partial charge on any atom is -0.411 e. The fourth-order valence-electron chi connectivity index (χ4n) is 1.30. The Labute approximate surface area is 55.6 Å². The highest BCUT2D eigenvalue weighted by Gasteiger charge is 2.27. The number of oxime groups is 1. The molecule has 1 N–H and O–H groups in total. The largest absolute Gasteiger partial charge is 0.411 e. The van der Waals surface area contributed by atoms with Gasteiger partial charge in [-0.1, -0.05) is 19.0 Å². The molecule has 0 aliphatic heterocycles. The molecule has 1 saturated carbocycles. The number of nitrogens with zero attached hydrogens (tertiary/aromatic N) is 1. The molecule has 1 rings (SSSR count). The zero-order chi connectivity index (χ0) is 6.91. The van der Waals surface area contributed by atoms with Gasteiger partial charge in [-0.15, -0.1) is 0 Å². The van der Waals surface area contributed by atoms with Gasteiger partial charge in [-0.05, 0) is 24.7 Å². The molecule has 0 aromatic carbocycles. The van der Waals surface area contributed by atoms with Gasteiger partial charge in [-0.3, -0.25) is 0 Å². The summed E-state index contributed by atoms with van der Waals surface area (Å²) in [6.07, 6.45) is 3.10. The summed E-state index contributed by atoms with van der Waals surface area (Å²) in [7, 11) is 0. The van der Waals surface area contributed by atoms with E-state index >= 15 is 0 Å². The van der Waals surface area contributed by atoms with E-state index in [1.165, 1.54) is 0 Å². The van der Waals surface area contributed by atoms with E-state index in [4.69, 9.17) is 5.21 Å². The van der Waals surface area contributed by atoms with Crippen LogP contribution in [0.15, 0.2) is 5.16 Å². The molecule has 52 valence electrons. The Kier molecular flexibility index (Phi) is 1.47. The molecule has 0 atom stereocenters. The standard InChI is InChI=1S/C7H13NO/c1-7(2)4-3-6(5-7)8-9/h9H,3-5H2,1-2H3. The van der Waals surface area contributed by atoms with Crippen LogP contribution in [0.5, 0.6) is 0 Å². The van der Waals surface area contributed by atoms with Gasteiger partial charge in [-0.2, -0.15) is 0 Å². The molecule has 1 fully saturated rings. The minimum absolute atomic E-state index is 0.377. The molecule has 0 spiro atoms. The van der Waals surface area contributed by atoms with Crippen molar-refractivity contribution >= 4 is 5.71 Å². The second kappa shape index (κ2) is 2.01. The molecule has 0 saturated heterocycles. The summed E-state index contributed by atoms with van der Waals surface area (Å²) >= 11 is 0. The highest BCUT2D eigenvalue weighted by atomic mass is 16.4. The lowest BCUT2D eigenvalue weighted by atomic mass is 9.92. The average Bonchev–Trinajstić information content (AvgIpc) is 2.10. The van der Waals surface area contributed by atoms with E-state index in [-0.39, 0.29) is 0 Å². The molecule has 0 unspecified atom stereocenters. The van der Waals surface area contributed by atoms with Gasteiger partial charge >= 0.3 is 0 Å². The van der Waals surface area contributed by atoms with Crippen molar-refractivity contribution in [1.29, 1.82) is 0 Å². The molecule has 2 nitrogen and oxygen atoms in total. The van der Waals surface area contributed by atoms with E-state index in [9.17, 15) is 0 Å². The fraction of sp³-hybridized carbons (Fsp3) is 0.857. The highest BCUT2D eigenvalue weighted by molar-refractivity contribution is 5.86. The lowest BCUT2D eigenvalue weighted by Gasteiger charge is -2.13. The Morgan fingerprint density at radius 1 is 1.56 bits per heavy atom. The SMILES string of the molecule is CC1(C)CCC(=NO)C1. The Morgan fingerprint density at radius 3 is 2.44 bits per heavy atom. The van der Waals surface area contributed by atoms with Crippen LogP contribution < -0.4 is 0 Å². The molecule has 2 heteroatoms. The molecule has 9 heavy (non-hydrogen) atoms. The maximum Gasteiger partial charge on any atom is 0.0576 e. The predicted molar refractivity (Wildman–Crippen MR) is 36.9 cm³/mol. The van der Waals surface area contributed by atoms with Gasteiger partial charge < -0.3 is 5.21 Å². The third kappa shape index (κ3) is 1.44. The normalized spacial score (nSPS) is 29.3. The van der Waals surface area contributed by atoms with E-state index in [1.807, 2.05) is 0 Å². The molecule has 0 bridgehead atoms. The summed E-state index contributed by atoms with van der Waals surface area (Å²) in [4.78, 5) is 0. The average molecular weight is 127 g/mol. The molecule has 1 aliphatic rings. The van der Waals surface area contributed by atoms with Crippen molar-refractivity contribution in [2.75, 3.05) is 0 Å². The summed E-state index contributed by atoms with van der Waals surface area (Å²) in [5.74, 6) is 0. The molecule has 0 aromatic rings. The Hall–Kier alpha value is -0.530. The molecule has 1 aliphatic carbocycles. The smallest absolute Gasteiger partial charge is 0.0576 e. The molecule has 0 aromatic heterocycles. The lowest BCUT2D eigenvalue weighted by Crippen LogP contribution is -2.04. The van der Waals surface area contributed by atoms with Crippen molar-refractivity contribution in [2.24, 2.45) is 10.6 Å². The number of hydrogen-bond donors (Lipinski definition) is 1. The van der Waals surface area contributed by atoms with Crippen LogP contribution in [0.3, 0.4) is 0 Å². The zero-order valence-electron chi connectivity index (χ0n) is 6.02. The summed E-state index contributed by atoms with van der Waals surface area (Å²) < 4.78 is 0. The lowest BCUT2D eigenvalue weighted by molar-refractivity contribution is 0.315. The number of hydrogen-bond acceptors (Lipinski definition) is 2. The van der Waals surface area contributed by atoms with Gasteiger partial charge in [0.1, 0.15) is 0 Å². The first-order valence-corrected chi connectivity index (χ1v) is 3.34. The first-order valence-electron chi connectivity index (χ1n) is 3.34. The minimum atomic E-state index is 0.377. The van der Waals surface area contributed by atoms with Gasteiger partial charge in [-0.25, -0.2) is 0 Å². The quantitative estimate of drug-likeness (QED) is 0.392. The van der Waals surface area contributed by atoms with E-state index < -0.39 is 0 Å². The molecule has 0 amide bonds. The van der Waals surface area contributed by atoms with E-state index in [2.05, 4.69) is 19.0 Å². The summed E-state index contributed by atoms with van der Waals surface area (Å²) in [5, 5.41) is 11.6. The van der Waals surface area contributed by atoms with Crippen molar-refractivity contribution in [3.63, 3.8) is 0 Å². The van der Waals surface area contributed by atoms with Gasteiger partial charge in [0.2, 0.25) is 0 Å². The molecule has 0 radical (unpaired) electrons. The Morgan fingerprint density at radius 2 is 2.22 bits per heavy atom. The fourth-order valence-corrected chi connectivity index (χ4v) is 1.30. The molecular formula is C7H13NO. The first kappa shape index (κ1) is 6.59. The molecular weight excluding hydrogens is 114 g/mol. The van der Waals surface area contributed by atoms with Crippen LogP contribution in [0.2, 0.25) is 0 Å². The first-order chi connectivity index (χ1) is 4.14. The highest BCUT2D eigenvalue weighted by Crippen LogP contribution is 2.34. The van der Waals surface area contributed by atoms with Gasteiger partial charge in [0.25, 0.3) is 0 Å². The second-order valence-corrected chi connectivity index (χ2v) is 3.51. The van der Waals surface area contributed by atoms with Gasteiger partial charge in [0, 0.05) is 0 Å². The number of rotatable bonds is 0. The Balaban J connectivity index is 2.57. The molecule has 0 heterocycles. The van der Waals surface area contributed by atoms with Crippen molar-refractivity contribution in [1.82, 2.24) is 0 Å². The van der Waals surface area contributed by atoms with Crippen LogP contribution in [-0.4, -0.2) is 10.9 Å². The van der Waals surface area contributed by atoms with Crippen LogP contribution in [-0.2, 0) is 0 Å². The summed E-state index contributed by atoms with van der Waals surface area (Å²) in [6, 6.07) is 0. The van der Waals surface area contributed by atoms with E-state index in [1.54, 1.807) is 0 Å². The zero-order valence-corrected chi connectivity index (χ0v) is 6.02. The topological polar surface area (TPSA) is 32.6 Å². The second-order valence-electron chi connectivity index (χ2n) is 3.51. The maximum atomic E-state index is 8.39. The third-order valence-corrected chi connectivity index (χ3v) is 1.91. The van der Waals surface area contributed by atoms with Crippen LogP contribution >= 0.6 is 0 Å². The third-order valence-electron chi connectivity index (χ3n) is 1.91. The summed E-state index contributed by atoms with van der Waals surface area (Å²) in [5.41, 5.74) is 1.33. The van der Waals surface area contributed by atoms with Gasteiger partial charge in [0.15, 0.2) is 0 Å². The van der Waals surface area contributed by atoms with Crippen LogP contribution in [0, 0.1) is 5.41 Å². The Bertz CT molecular complexity index is 138. The van der Waals surface area contributed by atoms with Crippen molar-refractivity contribution < 1.29 is 5.21 Å². The predicted octanol–water partition coefficient (Wildman–Crippen LogP) is 2.03. The van der Waals surface area contributed by atoms with Gasteiger partial charge in [0.05, 0.1) is 5.71 Å². The summed E-state index contributed by atoms with van der Waals surface area (Å²) in [6.45, 7) is 4.40. The van der Waals surface area contributed by atoms with E-state index in [0.717, 1.165) is 25.0 Å². The van der Waals surface area contributed by atoms with Crippen LogP contribution in [0.1, 0.15) is 33.1 Å². The van der Waals surface area contributed by atoms with Crippen molar-refractivity contribution in [2.45, 2.75) is 33.1 Å². The van der Waals surface area contributed by atoms with Crippen molar-refractivity contribution in [3.8, 4) is 0 Å². The van der Waals surface area contributed by atoms with E-state index in [0.29, 0.717) is 5.41 Å². The van der Waals surface area contributed by atoms with Crippen LogP contribution in [0.4, 0.5) is 0 Å². The monoisotopic (exact) mass is 127 g/mol.